The zero-order valence-electron chi connectivity index (χ0n) is 7.03. The van der Waals surface area contributed by atoms with Crippen molar-refractivity contribution in [3.05, 3.63) is 22.4 Å². The second kappa shape index (κ2) is 4.77. The van der Waals surface area contributed by atoms with Crippen molar-refractivity contribution < 1.29 is 14.7 Å². The lowest BCUT2D eigenvalue weighted by atomic mass is 10.1. The highest BCUT2D eigenvalue weighted by Gasteiger charge is 2.09. The Labute approximate surface area is 80.0 Å². The van der Waals surface area contributed by atoms with Gasteiger partial charge in [0.05, 0.1) is 0 Å². The second-order valence-corrected chi connectivity index (χ2v) is 3.49. The fraction of sp³-hybridized carbons (Fsp3) is 0.333. The van der Waals surface area contributed by atoms with Crippen LogP contribution in [0.3, 0.4) is 0 Å². The van der Waals surface area contributed by atoms with Gasteiger partial charge in [-0.15, -0.1) is 0 Å². The van der Waals surface area contributed by atoms with E-state index in [4.69, 9.17) is 5.11 Å². The molecule has 4 heteroatoms. The Morgan fingerprint density at radius 3 is 2.77 bits per heavy atom. The number of ketones is 1. The van der Waals surface area contributed by atoms with Gasteiger partial charge < -0.3 is 5.11 Å². The van der Waals surface area contributed by atoms with Crippen LogP contribution < -0.4 is 0 Å². The van der Waals surface area contributed by atoms with Crippen molar-refractivity contribution in [2.75, 3.05) is 0 Å². The number of aryl methyl sites for hydroxylation is 1. The van der Waals surface area contributed by atoms with E-state index in [9.17, 15) is 9.59 Å². The van der Waals surface area contributed by atoms with E-state index in [1.807, 2.05) is 16.8 Å². The zero-order valence-corrected chi connectivity index (χ0v) is 7.84. The van der Waals surface area contributed by atoms with Gasteiger partial charge in [0.2, 0.25) is 5.78 Å². The highest BCUT2D eigenvalue weighted by molar-refractivity contribution is 7.07. The highest BCUT2D eigenvalue weighted by Crippen LogP contribution is 2.09. The first kappa shape index (κ1) is 9.92. The highest BCUT2D eigenvalue weighted by atomic mass is 32.1. The monoisotopic (exact) mass is 198 g/mol. The van der Waals surface area contributed by atoms with Crippen LogP contribution >= 0.6 is 11.3 Å². The van der Waals surface area contributed by atoms with Crippen LogP contribution in [0.2, 0.25) is 0 Å². The van der Waals surface area contributed by atoms with Crippen LogP contribution in [0.4, 0.5) is 0 Å². The number of carbonyl (C=O) groups excluding carboxylic acids is 1. The molecule has 0 aliphatic rings. The lowest BCUT2D eigenvalue weighted by Gasteiger charge is -1.94. The van der Waals surface area contributed by atoms with E-state index in [2.05, 4.69) is 0 Å². The summed E-state index contributed by atoms with van der Waals surface area (Å²) in [4.78, 5) is 20.8. The third-order valence-electron chi connectivity index (χ3n) is 1.69. The molecule has 0 atom stereocenters. The lowest BCUT2D eigenvalue weighted by molar-refractivity contribution is -0.149. The van der Waals surface area contributed by atoms with Gasteiger partial charge in [0, 0.05) is 6.42 Å². The van der Waals surface area contributed by atoms with Crippen LogP contribution in [0.5, 0.6) is 0 Å². The molecular formula is C9H10O3S. The Morgan fingerprint density at radius 1 is 1.46 bits per heavy atom. The Morgan fingerprint density at radius 2 is 2.23 bits per heavy atom. The fourth-order valence-electron chi connectivity index (χ4n) is 0.995. The number of aliphatic carboxylic acids is 1. The van der Waals surface area contributed by atoms with Crippen LogP contribution in [0.15, 0.2) is 16.8 Å². The van der Waals surface area contributed by atoms with Gasteiger partial charge >= 0.3 is 5.97 Å². The van der Waals surface area contributed by atoms with E-state index >= 15 is 0 Å². The first-order chi connectivity index (χ1) is 6.20. The molecule has 0 saturated carbocycles. The molecule has 0 unspecified atom stereocenters. The first-order valence-corrected chi connectivity index (χ1v) is 4.91. The molecule has 0 radical (unpaired) electrons. The summed E-state index contributed by atoms with van der Waals surface area (Å²) >= 11 is 1.60. The largest absolute Gasteiger partial charge is 0.476 e. The molecule has 1 aromatic heterocycles. The van der Waals surface area contributed by atoms with Crippen molar-refractivity contribution in [3.63, 3.8) is 0 Å². The molecule has 0 amide bonds. The van der Waals surface area contributed by atoms with Crippen molar-refractivity contribution in [2.24, 2.45) is 0 Å². The number of carboxylic acid groups (broad SMARTS) is 1. The van der Waals surface area contributed by atoms with Crippen LogP contribution in [-0.2, 0) is 16.0 Å². The summed E-state index contributed by atoms with van der Waals surface area (Å²) in [7, 11) is 0. The molecule has 0 aliphatic heterocycles. The van der Waals surface area contributed by atoms with E-state index in [-0.39, 0.29) is 6.42 Å². The molecule has 0 bridgehead atoms. The zero-order chi connectivity index (χ0) is 9.68. The fourth-order valence-corrected chi connectivity index (χ4v) is 1.70. The van der Waals surface area contributed by atoms with Gasteiger partial charge in [0.25, 0.3) is 0 Å². The third kappa shape index (κ3) is 3.38. The predicted molar refractivity (Wildman–Crippen MR) is 49.9 cm³/mol. The molecule has 0 aromatic carbocycles. The van der Waals surface area contributed by atoms with E-state index < -0.39 is 11.8 Å². The summed E-state index contributed by atoms with van der Waals surface area (Å²) in [5.41, 5.74) is 1.17. The van der Waals surface area contributed by atoms with E-state index in [1.165, 1.54) is 5.56 Å². The average molecular weight is 198 g/mol. The number of hydrogen-bond acceptors (Lipinski definition) is 3. The Kier molecular flexibility index (Phi) is 3.64. The molecule has 0 fully saturated rings. The van der Waals surface area contributed by atoms with Crippen molar-refractivity contribution >= 4 is 23.1 Å². The minimum Gasteiger partial charge on any atom is -0.476 e. The van der Waals surface area contributed by atoms with Crippen LogP contribution in [-0.4, -0.2) is 16.9 Å². The van der Waals surface area contributed by atoms with Gasteiger partial charge in [-0.25, -0.2) is 4.79 Å². The molecule has 3 nitrogen and oxygen atoms in total. The van der Waals surface area contributed by atoms with Gasteiger partial charge in [0.1, 0.15) is 0 Å². The average Bonchev–Trinajstić information content (AvgIpc) is 2.56. The van der Waals surface area contributed by atoms with E-state index in [0.717, 1.165) is 6.42 Å². The molecule has 0 spiro atoms. The molecule has 13 heavy (non-hydrogen) atoms. The summed E-state index contributed by atoms with van der Waals surface area (Å²) in [5, 5.41) is 12.3. The summed E-state index contributed by atoms with van der Waals surface area (Å²) in [6, 6.07) is 1.98. The summed E-state index contributed by atoms with van der Waals surface area (Å²) < 4.78 is 0. The summed E-state index contributed by atoms with van der Waals surface area (Å²) in [5.74, 6) is -2.03. The maximum Gasteiger partial charge on any atom is 0.372 e. The lowest BCUT2D eigenvalue weighted by Crippen LogP contribution is -2.11. The quantitative estimate of drug-likeness (QED) is 0.733. The maximum atomic E-state index is 10.7. The number of thiophene rings is 1. The van der Waals surface area contributed by atoms with Crippen LogP contribution in [0.1, 0.15) is 18.4 Å². The summed E-state index contributed by atoms with van der Waals surface area (Å²) in [6.45, 7) is 0. The van der Waals surface area contributed by atoms with Crippen molar-refractivity contribution in [1.29, 1.82) is 0 Å². The molecule has 0 aliphatic carbocycles. The van der Waals surface area contributed by atoms with Crippen molar-refractivity contribution in [3.8, 4) is 0 Å². The Hall–Kier alpha value is -1.16. The molecule has 0 saturated heterocycles. The van der Waals surface area contributed by atoms with E-state index in [1.54, 1.807) is 11.3 Å². The van der Waals surface area contributed by atoms with Crippen molar-refractivity contribution in [1.82, 2.24) is 0 Å². The van der Waals surface area contributed by atoms with Gasteiger partial charge in [-0.1, -0.05) is 0 Å². The van der Waals surface area contributed by atoms with Crippen LogP contribution in [0.25, 0.3) is 0 Å². The molecular weight excluding hydrogens is 188 g/mol. The van der Waals surface area contributed by atoms with E-state index in [0.29, 0.717) is 6.42 Å². The number of rotatable bonds is 5. The van der Waals surface area contributed by atoms with Crippen LogP contribution in [0, 0.1) is 0 Å². The number of Topliss-reactive ketones (excluding diaryl/α,β-unsaturated/α-hetero) is 1. The number of carbonyl (C=O) groups is 2. The topological polar surface area (TPSA) is 54.4 Å². The van der Waals surface area contributed by atoms with Gasteiger partial charge in [0.15, 0.2) is 0 Å². The SMILES string of the molecule is O=C(O)C(=O)CCCc1ccsc1. The number of hydrogen-bond donors (Lipinski definition) is 1. The Balaban J connectivity index is 2.22. The molecule has 1 heterocycles. The number of carboxylic acids is 1. The van der Waals surface area contributed by atoms with Crippen molar-refractivity contribution in [2.45, 2.75) is 19.3 Å². The minimum atomic E-state index is -1.33. The third-order valence-corrected chi connectivity index (χ3v) is 2.42. The maximum absolute atomic E-state index is 10.7. The molecule has 1 N–H and O–H groups in total. The second-order valence-electron chi connectivity index (χ2n) is 2.71. The smallest absolute Gasteiger partial charge is 0.372 e. The molecule has 70 valence electrons. The van der Waals surface area contributed by atoms with Gasteiger partial charge in [-0.2, -0.15) is 11.3 Å². The van der Waals surface area contributed by atoms with Gasteiger partial charge in [-0.05, 0) is 35.2 Å². The first-order valence-electron chi connectivity index (χ1n) is 3.97. The van der Waals surface area contributed by atoms with Gasteiger partial charge in [-0.3, -0.25) is 4.79 Å². The standard InChI is InChI=1S/C9H10O3S/c10-8(9(11)12)3-1-2-7-4-5-13-6-7/h4-6H,1-3H2,(H,11,12). The molecule has 1 rings (SSSR count). The molecule has 1 aromatic rings. The summed E-state index contributed by atoms with van der Waals surface area (Å²) in [6.07, 6.45) is 1.52. The Bertz CT molecular complexity index is 290. The minimum absolute atomic E-state index is 0.130. The normalized spacial score (nSPS) is 9.85. The predicted octanol–water partition coefficient (Wildman–Crippen LogP) is 1.72.